The third kappa shape index (κ3) is 5.24. The van der Waals surface area contributed by atoms with Crippen LogP contribution in [0.2, 0.25) is 6.82 Å². The van der Waals surface area contributed by atoms with E-state index in [9.17, 15) is 4.79 Å². The Morgan fingerprint density at radius 3 is 2.60 bits per heavy atom. The topological polar surface area (TPSA) is 61.4 Å². The van der Waals surface area contributed by atoms with E-state index in [2.05, 4.69) is 17.1 Å². The highest BCUT2D eigenvalue weighted by Crippen LogP contribution is 1.77. The number of hydrogen-bond acceptors (Lipinski definition) is 3. The zero-order valence-corrected chi connectivity index (χ0v) is 6.14. The van der Waals surface area contributed by atoms with Crippen molar-refractivity contribution in [2.24, 2.45) is 0 Å². The summed E-state index contributed by atoms with van der Waals surface area (Å²) in [5.74, 6) is 0.0978. The lowest BCUT2D eigenvalue weighted by atomic mass is 9.89. The highest BCUT2D eigenvalue weighted by molar-refractivity contribution is 6.57. The van der Waals surface area contributed by atoms with Crippen LogP contribution in [-0.2, 0) is 0 Å². The fourth-order valence-corrected chi connectivity index (χ4v) is 0.501. The van der Waals surface area contributed by atoms with E-state index in [-0.39, 0.29) is 5.81 Å². The molecule has 0 aliphatic heterocycles. The van der Waals surface area contributed by atoms with Crippen molar-refractivity contribution in [1.82, 2.24) is 10.5 Å². The average Bonchev–Trinajstić information content (AvgIpc) is 1.58. The molecule has 0 aliphatic rings. The van der Waals surface area contributed by atoms with Crippen molar-refractivity contribution in [2.45, 2.75) is 6.82 Å². The lowest BCUT2D eigenvalue weighted by Crippen LogP contribution is -2.37. The lowest BCUT2D eigenvalue weighted by molar-refractivity contribution is 0.261. The van der Waals surface area contributed by atoms with Crippen LogP contribution in [-0.4, -0.2) is 25.7 Å². The summed E-state index contributed by atoms with van der Waals surface area (Å²) < 4.78 is 0. The van der Waals surface area contributed by atoms with Crippen molar-refractivity contribution in [3.63, 3.8) is 0 Å². The largest absolute Gasteiger partial charge is 0.433 e. The molecule has 0 spiro atoms. The van der Waals surface area contributed by atoms with Gasteiger partial charge < -0.3 is 15.6 Å². The van der Waals surface area contributed by atoms with Crippen molar-refractivity contribution in [1.29, 1.82) is 0 Å². The summed E-state index contributed by atoms with van der Waals surface area (Å²) in [4.78, 5) is 10.3. The molecular formula is C4H10B2N2O2. The average molecular weight is 140 g/mol. The molecule has 0 bridgehead atoms. The number of hydrogen-bond donors (Lipinski definition) is 3. The maximum atomic E-state index is 10.3. The first-order chi connectivity index (χ1) is 4.52. The molecular weight excluding hydrogens is 130 g/mol. The maximum absolute atomic E-state index is 10.3. The Kier molecular flexibility index (Phi) is 3.64. The molecule has 0 rings (SSSR count). The highest BCUT2D eigenvalue weighted by atomic mass is 16.2. The van der Waals surface area contributed by atoms with E-state index in [1.807, 2.05) is 0 Å². The minimum absolute atomic E-state index is 0.210. The summed E-state index contributed by atoms with van der Waals surface area (Å²) >= 11 is 0. The van der Waals surface area contributed by atoms with Gasteiger partial charge in [0.2, 0.25) is 7.85 Å². The van der Waals surface area contributed by atoms with Gasteiger partial charge in [0.05, 0.1) is 5.82 Å². The second-order valence-corrected chi connectivity index (χ2v) is 1.98. The first-order valence-corrected chi connectivity index (χ1v) is 2.93. The van der Waals surface area contributed by atoms with Gasteiger partial charge in [0.25, 0.3) is 0 Å². The van der Waals surface area contributed by atoms with E-state index < -0.39 is 7.05 Å². The van der Waals surface area contributed by atoms with Crippen molar-refractivity contribution in [3.05, 3.63) is 12.4 Å². The third-order valence-electron chi connectivity index (χ3n) is 0.710. The molecule has 0 atom stereocenters. The molecule has 0 aromatic heterocycles. The molecule has 0 saturated heterocycles. The fourth-order valence-electron chi connectivity index (χ4n) is 0.501. The van der Waals surface area contributed by atoms with Crippen molar-refractivity contribution >= 4 is 20.7 Å². The first kappa shape index (κ1) is 9.10. The second-order valence-electron chi connectivity index (χ2n) is 1.98. The molecule has 6 heteroatoms. The van der Waals surface area contributed by atoms with E-state index in [1.54, 1.807) is 0 Å². The van der Waals surface area contributed by atoms with Crippen LogP contribution < -0.4 is 10.5 Å². The van der Waals surface area contributed by atoms with E-state index in [1.165, 1.54) is 14.7 Å². The molecule has 0 aromatic carbocycles. The Morgan fingerprint density at radius 1 is 1.80 bits per heavy atom. The smallest absolute Gasteiger partial charge is 0.407 e. The summed E-state index contributed by atoms with van der Waals surface area (Å²) in [7, 11) is 0.675. The first-order valence-electron chi connectivity index (χ1n) is 2.93. The Bertz CT molecular complexity index is 148. The van der Waals surface area contributed by atoms with Crippen LogP contribution in [0.1, 0.15) is 0 Å². The SMILES string of the molecule is BC(=O)NC(=C)NB(C)O. The zero-order chi connectivity index (χ0) is 8.15. The van der Waals surface area contributed by atoms with Gasteiger partial charge in [0.15, 0.2) is 5.81 Å². The molecule has 0 aromatic rings. The molecule has 0 saturated carbocycles. The summed E-state index contributed by atoms with van der Waals surface area (Å²) in [5, 5.41) is 13.6. The predicted molar refractivity (Wildman–Crippen MR) is 43.2 cm³/mol. The third-order valence-corrected chi connectivity index (χ3v) is 0.710. The predicted octanol–water partition coefficient (Wildman–Crippen LogP) is -1.50. The molecule has 0 fully saturated rings. The van der Waals surface area contributed by atoms with Crippen LogP contribution in [0.4, 0.5) is 4.79 Å². The molecule has 10 heavy (non-hydrogen) atoms. The van der Waals surface area contributed by atoms with Gasteiger partial charge in [0.1, 0.15) is 0 Å². The zero-order valence-electron chi connectivity index (χ0n) is 6.14. The van der Waals surface area contributed by atoms with Crippen LogP contribution >= 0.6 is 0 Å². The van der Waals surface area contributed by atoms with E-state index in [0.717, 1.165) is 0 Å². The molecule has 0 radical (unpaired) electrons. The van der Waals surface area contributed by atoms with Crippen molar-refractivity contribution in [3.8, 4) is 0 Å². The van der Waals surface area contributed by atoms with Gasteiger partial charge in [0, 0.05) is 0 Å². The quantitative estimate of drug-likeness (QED) is 0.418. The molecule has 54 valence electrons. The number of rotatable bonds is 3. The number of amides is 1. The summed E-state index contributed by atoms with van der Waals surface area (Å²) in [6.45, 7) is 4.97. The van der Waals surface area contributed by atoms with Gasteiger partial charge in [-0.25, -0.2) is 0 Å². The second kappa shape index (κ2) is 4.00. The molecule has 1 amide bonds. The Balaban J connectivity index is 3.54. The molecule has 0 unspecified atom stereocenters. The Labute approximate surface area is 61.2 Å². The maximum Gasteiger partial charge on any atom is 0.407 e. The number of nitrogens with one attached hydrogen (secondary N) is 2. The monoisotopic (exact) mass is 140 g/mol. The van der Waals surface area contributed by atoms with Crippen molar-refractivity contribution in [2.75, 3.05) is 0 Å². The highest BCUT2D eigenvalue weighted by Gasteiger charge is 2.02. The Hall–Kier alpha value is -0.900. The van der Waals surface area contributed by atoms with Gasteiger partial charge >= 0.3 is 7.05 Å². The van der Waals surface area contributed by atoms with Crippen LogP contribution in [0.25, 0.3) is 0 Å². The summed E-state index contributed by atoms with van der Waals surface area (Å²) in [6.07, 6.45) is 0. The van der Waals surface area contributed by atoms with Gasteiger partial charge in [-0.1, -0.05) is 6.58 Å². The minimum atomic E-state index is -0.695. The molecule has 0 heterocycles. The standard InChI is InChI=1S/C4H10B2N2O2/c1-3(7-4(5)9)8-6(2)10/h8,10H,1,5H2,2H3,(H,7,9). The lowest BCUT2D eigenvalue weighted by Gasteiger charge is -2.08. The van der Waals surface area contributed by atoms with E-state index in [0.29, 0.717) is 5.82 Å². The number of carbonyl (C=O) groups excluding carboxylic acids is 1. The number of carbonyl (C=O) groups is 1. The van der Waals surface area contributed by atoms with E-state index >= 15 is 0 Å². The fraction of sp³-hybridized carbons (Fsp3) is 0.250. The van der Waals surface area contributed by atoms with E-state index in [4.69, 9.17) is 5.02 Å². The summed E-state index contributed by atoms with van der Waals surface area (Å²) in [6, 6.07) is 0. The van der Waals surface area contributed by atoms with Crippen LogP contribution in [0.5, 0.6) is 0 Å². The van der Waals surface area contributed by atoms with Gasteiger partial charge in [-0.05, 0) is 6.82 Å². The van der Waals surface area contributed by atoms with Crippen LogP contribution in [0, 0.1) is 0 Å². The minimum Gasteiger partial charge on any atom is -0.433 e. The van der Waals surface area contributed by atoms with Gasteiger partial charge in [-0.15, -0.1) is 0 Å². The van der Waals surface area contributed by atoms with Crippen LogP contribution in [0.3, 0.4) is 0 Å². The van der Waals surface area contributed by atoms with Crippen LogP contribution in [0.15, 0.2) is 12.4 Å². The van der Waals surface area contributed by atoms with Crippen molar-refractivity contribution < 1.29 is 9.82 Å². The summed E-state index contributed by atoms with van der Waals surface area (Å²) in [5.41, 5.74) is 0. The molecule has 3 N–H and O–H groups in total. The normalized spacial score (nSPS) is 8.20. The molecule has 4 nitrogen and oxygen atoms in total. The Morgan fingerprint density at radius 2 is 2.30 bits per heavy atom. The molecule has 0 aliphatic carbocycles. The van der Waals surface area contributed by atoms with Gasteiger partial charge in [-0.3, -0.25) is 4.79 Å². The van der Waals surface area contributed by atoms with Gasteiger partial charge in [-0.2, -0.15) is 0 Å².